The molecule has 0 radical (unpaired) electrons. The summed E-state index contributed by atoms with van der Waals surface area (Å²) < 4.78 is 32.5. The molecule has 0 rings (SSSR count). The van der Waals surface area contributed by atoms with Gasteiger partial charge in [0.2, 0.25) is 0 Å². The standard InChI is InChI=1S/C40H71O10P/c1-3-5-7-9-11-13-15-16-17-18-19-20-22-23-25-27-29-31-39(43)47-35-38(36-49-51(45,46)48-34-37(42)33-41)50-40(44)32-30-28-26-24-21-14-12-10-8-6-4-2/h10-13,16-17,19-20,37-38,41-42H,3-9,14-15,18,21-36H2,1-2H3,(H,45,46)/b12-10-,13-11-,17-16-,20-19-/t37-,38+/m0/s1. The topological polar surface area (TPSA) is 149 Å². The Labute approximate surface area is 309 Å². The van der Waals surface area contributed by atoms with Crippen LogP contribution in [0.2, 0.25) is 0 Å². The quantitative estimate of drug-likeness (QED) is 0.0245. The van der Waals surface area contributed by atoms with Gasteiger partial charge in [0.05, 0.1) is 19.8 Å². The molecule has 0 spiro atoms. The highest BCUT2D eigenvalue weighted by Gasteiger charge is 2.27. The van der Waals surface area contributed by atoms with Crippen LogP contribution in [0.15, 0.2) is 48.6 Å². The van der Waals surface area contributed by atoms with Gasteiger partial charge < -0.3 is 24.6 Å². The van der Waals surface area contributed by atoms with Crippen molar-refractivity contribution in [1.82, 2.24) is 0 Å². The van der Waals surface area contributed by atoms with Crippen LogP contribution in [-0.4, -0.2) is 65.7 Å². The number of carbonyl (C=O) groups is 2. The van der Waals surface area contributed by atoms with Crippen LogP contribution in [-0.2, 0) is 32.7 Å². The molecule has 0 aliphatic heterocycles. The molecule has 0 bridgehead atoms. The number of aliphatic hydroxyl groups excluding tert-OH is 2. The lowest BCUT2D eigenvalue weighted by Crippen LogP contribution is -2.29. The summed E-state index contributed by atoms with van der Waals surface area (Å²) in [7, 11) is -4.62. The molecule has 0 amide bonds. The van der Waals surface area contributed by atoms with Crippen molar-refractivity contribution in [2.24, 2.45) is 0 Å². The molecule has 1 unspecified atom stereocenters. The number of ether oxygens (including phenoxy) is 2. The molecule has 10 nitrogen and oxygen atoms in total. The molecule has 11 heteroatoms. The lowest BCUT2D eigenvalue weighted by molar-refractivity contribution is -0.161. The van der Waals surface area contributed by atoms with Gasteiger partial charge in [-0.15, -0.1) is 0 Å². The Morgan fingerprint density at radius 2 is 1.04 bits per heavy atom. The summed E-state index contributed by atoms with van der Waals surface area (Å²) in [5.74, 6) is -0.966. The minimum absolute atomic E-state index is 0.167. The van der Waals surface area contributed by atoms with Crippen LogP contribution in [0.5, 0.6) is 0 Å². The van der Waals surface area contributed by atoms with Crippen molar-refractivity contribution in [3.8, 4) is 0 Å². The Morgan fingerprint density at radius 3 is 1.61 bits per heavy atom. The van der Waals surface area contributed by atoms with Gasteiger partial charge in [0.25, 0.3) is 0 Å². The molecular weight excluding hydrogens is 671 g/mol. The zero-order valence-electron chi connectivity index (χ0n) is 31.8. The molecule has 0 aromatic carbocycles. The molecule has 0 aliphatic carbocycles. The fourth-order valence-electron chi connectivity index (χ4n) is 4.86. The van der Waals surface area contributed by atoms with E-state index in [1.807, 2.05) is 0 Å². The lowest BCUT2D eigenvalue weighted by Gasteiger charge is -2.20. The van der Waals surface area contributed by atoms with E-state index in [4.69, 9.17) is 19.1 Å². The van der Waals surface area contributed by atoms with Gasteiger partial charge >= 0.3 is 19.8 Å². The van der Waals surface area contributed by atoms with E-state index in [0.29, 0.717) is 12.8 Å². The molecule has 0 heterocycles. The molecule has 0 saturated carbocycles. The van der Waals surface area contributed by atoms with Crippen molar-refractivity contribution in [3.63, 3.8) is 0 Å². The maximum Gasteiger partial charge on any atom is 0.472 e. The van der Waals surface area contributed by atoms with Crippen molar-refractivity contribution >= 4 is 19.8 Å². The highest BCUT2D eigenvalue weighted by atomic mass is 31.2. The Bertz CT molecular complexity index is 994. The average Bonchev–Trinajstić information content (AvgIpc) is 3.12. The van der Waals surface area contributed by atoms with Gasteiger partial charge in [0.1, 0.15) is 12.7 Å². The number of allylic oxidation sites excluding steroid dienone is 8. The number of phosphoric ester groups is 1. The van der Waals surface area contributed by atoms with Gasteiger partial charge in [-0.05, 0) is 70.6 Å². The van der Waals surface area contributed by atoms with Crippen LogP contribution in [0.3, 0.4) is 0 Å². The third-order valence-corrected chi connectivity index (χ3v) is 8.91. The van der Waals surface area contributed by atoms with Crippen molar-refractivity contribution in [1.29, 1.82) is 0 Å². The fourth-order valence-corrected chi connectivity index (χ4v) is 5.65. The molecule has 0 saturated heterocycles. The van der Waals surface area contributed by atoms with Gasteiger partial charge in [0.15, 0.2) is 6.10 Å². The Morgan fingerprint density at radius 1 is 0.588 bits per heavy atom. The maximum absolute atomic E-state index is 12.5. The number of esters is 2. The number of phosphoric acid groups is 1. The molecule has 296 valence electrons. The summed E-state index contributed by atoms with van der Waals surface area (Å²) >= 11 is 0. The van der Waals surface area contributed by atoms with E-state index in [0.717, 1.165) is 77.0 Å². The average molecular weight is 743 g/mol. The first kappa shape index (κ1) is 48.9. The smallest absolute Gasteiger partial charge is 0.462 e. The normalized spacial score (nSPS) is 14.5. The first-order valence-corrected chi connectivity index (χ1v) is 21.1. The van der Waals surface area contributed by atoms with E-state index in [1.165, 1.54) is 38.5 Å². The highest BCUT2D eigenvalue weighted by Crippen LogP contribution is 2.43. The SMILES string of the molecule is CCCC/C=C\CCCCCCCC(=O)O[C@H](COC(=O)CCCCCC/C=C\C/C=C\C/C=C\CCCCC)COP(=O)(O)OC[C@@H](O)CO. The van der Waals surface area contributed by atoms with Crippen LogP contribution >= 0.6 is 7.82 Å². The van der Waals surface area contributed by atoms with Gasteiger partial charge in [-0.3, -0.25) is 18.6 Å². The van der Waals surface area contributed by atoms with E-state index >= 15 is 0 Å². The number of rotatable bonds is 36. The minimum Gasteiger partial charge on any atom is -0.462 e. The van der Waals surface area contributed by atoms with Crippen LogP contribution in [0.1, 0.15) is 155 Å². The summed E-state index contributed by atoms with van der Waals surface area (Å²) in [6.45, 7) is 2.25. The number of carbonyl (C=O) groups excluding carboxylic acids is 2. The lowest BCUT2D eigenvalue weighted by atomic mass is 10.1. The number of hydrogen-bond acceptors (Lipinski definition) is 9. The number of unbranched alkanes of at least 4 members (excludes halogenated alkanes) is 14. The monoisotopic (exact) mass is 742 g/mol. The number of aliphatic hydroxyl groups is 2. The molecule has 51 heavy (non-hydrogen) atoms. The first-order valence-electron chi connectivity index (χ1n) is 19.6. The van der Waals surface area contributed by atoms with Gasteiger partial charge in [-0.2, -0.15) is 0 Å². The van der Waals surface area contributed by atoms with E-state index in [2.05, 4.69) is 67.0 Å². The van der Waals surface area contributed by atoms with Gasteiger partial charge in [-0.1, -0.05) is 120 Å². The molecule has 0 fully saturated rings. The van der Waals surface area contributed by atoms with Crippen molar-refractivity contribution in [2.75, 3.05) is 26.4 Å². The van der Waals surface area contributed by atoms with Crippen molar-refractivity contribution < 1.29 is 47.8 Å². The summed E-state index contributed by atoms with van der Waals surface area (Å²) in [5, 5.41) is 18.3. The van der Waals surface area contributed by atoms with Gasteiger partial charge in [-0.25, -0.2) is 4.57 Å². The second kappa shape index (κ2) is 36.3. The summed E-state index contributed by atoms with van der Waals surface area (Å²) in [6.07, 6.45) is 36.5. The van der Waals surface area contributed by atoms with E-state index < -0.39 is 51.8 Å². The predicted molar refractivity (Wildman–Crippen MR) is 205 cm³/mol. The third-order valence-electron chi connectivity index (χ3n) is 7.96. The molecule has 3 N–H and O–H groups in total. The van der Waals surface area contributed by atoms with E-state index in [-0.39, 0.29) is 19.4 Å². The van der Waals surface area contributed by atoms with Crippen LogP contribution < -0.4 is 0 Å². The fraction of sp³-hybridized carbons (Fsp3) is 0.750. The van der Waals surface area contributed by atoms with E-state index in [1.54, 1.807) is 0 Å². The minimum atomic E-state index is -4.62. The van der Waals surface area contributed by atoms with Crippen molar-refractivity contribution in [2.45, 2.75) is 167 Å². The largest absolute Gasteiger partial charge is 0.472 e. The maximum atomic E-state index is 12.5. The summed E-state index contributed by atoms with van der Waals surface area (Å²) in [4.78, 5) is 34.8. The summed E-state index contributed by atoms with van der Waals surface area (Å²) in [6, 6.07) is 0. The summed E-state index contributed by atoms with van der Waals surface area (Å²) in [5.41, 5.74) is 0. The van der Waals surface area contributed by atoms with Crippen LogP contribution in [0, 0.1) is 0 Å². The zero-order valence-corrected chi connectivity index (χ0v) is 32.7. The van der Waals surface area contributed by atoms with Crippen LogP contribution in [0.25, 0.3) is 0 Å². The first-order chi connectivity index (χ1) is 24.7. The second-order valence-electron chi connectivity index (χ2n) is 12.9. The van der Waals surface area contributed by atoms with E-state index in [9.17, 15) is 24.2 Å². The Hall–Kier alpha value is -2.07. The Balaban J connectivity index is 4.39. The second-order valence-corrected chi connectivity index (χ2v) is 14.4. The zero-order chi connectivity index (χ0) is 37.7. The molecule has 0 aliphatic rings. The Kier molecular flexibility index (Phi) is 34.8. The molecule has 0 aromatic rings. The molecule has 0 aromatic heterocycles. The third kappa shape index (κ3) is 36.1. The molecule has 3 atom stereocenters. The predicted octanol–water partition coefficient (Wildman–Crippen LogP) is 9.77. The van der Waals surface area contributed by atoms with Gasteiger partial charge in [0, 0.05) is 12.8 Å². The molecular formula is C40H71O10P. The number of hydrogen-bond donors (Lipinski definition) is 3. The van der Waals surface area contributed by atoms with Crippen molar-refractivity contribution in [3.05, 3.63) is 48.6 Å². The highest BCUT2D eigenvalue weighted by molar-refractivity contribution is 7.47. The van der Waals surface area contributed by atoms with Crippen LogP contribution in [0.4, 0.5) is 0 Å².